The Labute approximate surface area is 293 Å². The summed E-state index contributed by atoms with van der Waals surface area (Å²) in [5.74, 6) is -0.875. The van der Waals surface area contributed by atoms with E-state index in [1.165, 1.54) is 10.8 Å². The Balaban J connectivity index is 2.64. The maximum Gasteiger partial charge on any atom is 0.420 e. The van der Waals surface area contributed by atoms with Crippen LogP contribution in [0.15, 0.2) is 24.4 Å². The van der Waals surface area contributed by atoms with Gasteiger partial charge in [0.1, 0.15) is 11.2 Å². The second-order valence-corrected chi connectivity index (χ2v) is 16.9. The van der Waals surface area contributed by atoms with Crippen LogP contribution in [-0.2, 0) is 19.7 Å². The first-order chi connectivity index (χ1) is 22.4. The largest absolute Gasteiger partial charge is 0.456 e. The molecule has 3 aromatic rings. The van der Waals surface area contributed by atoms with Crippen molar-refractivity contribution in [1.82, 2.24) is 14.5 Å². The van der Waals surface area contributed by atoms with Gasteiger partial charge < -0.3 is 19.5 Å². The van der Waals surface area contributed by atoms with E-state index in [-0.39, 0.29) is 35.6 Å². The molecule has 9 nitrogen and oxygen atoms in total. The molecule has 270 valence electrons. The number of hydrogen-bond donors (Lipinski definition) is 1. The SMILES string of the molecule is Cc1cc(C)cc(-c2c([C@H](C)CO)c3c(C(=O)OC(C)(C)C)c(C(C)(C)C(=O)N(CC(C)C)CC(C)C)cnc3n2C(=O)OC(C)(C)C)c1. The molecule has 2 heterocycles. The summed E-state index contributed by atoms with van der Waals surface area (Å²) in [6.45, 7) is 29.3. The fraction of sp³-hybridized carbons (Fsp3) is 0.600. The predicted octanol–water partition coefficient (Wildman–Crippen LogP) is 8.57. The van der Waals surface area contributed by atoms with Gasteiger partial charge in [0, 0.05) is 42.8 Å². The van der Waals surface area contributed by atoms with Gasteiger partial charge in [0.15, 0.2) is 5.65 Å². The van der Waals surface area contributed by atoms with E-state index in [9.17, 15) is 19.5 Å². The summed E-state index contributed by atoms with van der Waals surface area (Å²) in [7, 11) is 0. The summed E-state index contributed by atoms with van der Waals surface area (Å²) in [5.41, 5.74) is 1.48. The number of aliphatic hydroxyl groups is 1. The predicted molar refractivity (Wildman–Crippen MR) is 196 cm³/mol. The van der Waals surface area contributed by atoms with Gasteiger partial charge in [-0.2, -0.15) is 0 Å². The van der Waals surface area contributed by atoms with Crippen LogP contribution in [0.25, 0.3) is 22.3 Å². The van der Waals surface area contributed by atoms with Crippen LogP contribution in [0.2, 0.25) is 0 Å². The number of benzene rings is 1. The summed E-state index contributed by atoms with van der Waals surface area (Å²) in [6.07, 6.45) is 0.857. The van der Waals surface area contributed by atoms with Gasteiger partial charge in [0.2, 0.25) is 5.91 Å². The van der Waals surface area contributed by atoms with Crippen LogP contribution in [0.4, 0.5) is 4.79 Å². The van der Waals surface area contributed by atoms with Crippen LogP contribution < -0.4 is 0 Å². The minimum absolute atomic E-state index is 0.140. The van der Waals surface area contributed by atoms with E-state index in [1.54, 1.807) is 41.5 Å². The fourth-order valence-corrected chi connectivity index (χ4v) is 6.37. The van der Waals surface area contributed by atoms with E-state index in [2.05, 4.69) is 27.7 Å². The highest BCUT2D eigenvalue weighted by molar-refractivity contribution is 6.11. The molecule has 0 aliphatic rings. The monoisotopic (exact) mass is 677 g/mol. The van der Waals surface area contributed by atoms with Gasteiger partial charge in [-0.05, 0) is 104 Å². The third kappa shape index (κ3) is 9.10. The summed E-state index contributed by atoms with van der Waals surface area (Å²) in [6, 6.07) is 5.97. The Morgan fingerprint density at radius 2 is 1.35 bits per heavy atom. The lowest BCUT2D eigenvalue weighted by Gasteiger charge is -2.35. The number of carbonyl (C=O) groups excluding carboxylic acids is 3. The van der Waals surface area contributed by atoms with Gasteiger partial charge >= 0.3 is 12.1 Å². The van der Waals surface area contributed by atoms with Gasteiger partial charge in [-0.3, -0.25) is 4.79 Å². The maximum absolute atomic E-state index is 14.6. The zero-order valence-electron chi connectivity index (χ0n) is 32.5. The number of nitrogens with zero attached hydrogens (tertiary/aromatic N) is 3. The lowest BCUT2D eigenvalue weighted by Crippen LogP contribution is -2.47. The molecular weight excluding hydrogens is 618 g/mol. The molecule has 0 fully saturated rings. The van der Waals surface area contributed by atoms with Gasteiger partial charge in [-0.15, -0.1) is 0 Å². The number of amides is 1. The molecule has 0 bridgehead atoms. The number of esters is 1. The van der Waals surface area contributed by atoms with Crippen LogP contribution in [0.5, 0.6) is 0 Å². The first kappa shape index (κ1) is 39.7. The minimum Gasteiger partial charge on any atom is -0.456 e. The van der Waals surface area contributed by atoms with Crippen molar-refractivity contribution in [2.45, 2.75) is 126 Å². The minimum atomic E-state index is -1.22. The first-order valence-corrected chi connectivity index (χ1v) is 17.4. The lowest BCUT2D eigenvalue weighted by molar-refractivity contribution is -0.137. The second kappa shape index (κ2) is 14.6. The number of aryl methyl sites for hydroxylation is 2. The molecule has 1 N–H and O–H groups in total. The van der Waals surface area contributed by atoms with Gasteiger partial charge in [-0.1, -0.05) is 51.8 Å². The van der Waals surface area contributed by atoms with E-state index in [1.807, 2.05) is 57.7 Å². The standard InChI is InChI=1S/C40H59N3O6/c1-23(2)20-42(21-24(3)4)36(46)40(14,15)29-19-41-34-32(31(29)35(45)48-38(8,9)10)30(27(7)22-44)33(28-17-25(5)16-26(6)18-28)43(34)37(47)49-39(11,12)13/h16-19,23-24,27,44H,20-22H2,1-15H3/t27-/m1/s1. The Morgan fingerprint density at radius 1 is 0.837 bits per heavy atom. The highest BCUT2D eigenvalue weighted by Gasteiger charge is 2.42. The van der Waals surface area contributed by atoms with Crippen molar-refractivity contribution in [3.8, 4) is 11.3 Å². The van der Waals surface area contributed by atoms with Crippen molar-refractivity contribution in [3.05, 3.63) is 52.2 Å². The number of hydrogen-bond acceptors (Lipinski definition) is 7. The average Bonchev–Trinajstić information content (AvgIpc) is 3.28. The van der Waals surface area contributed by atoms with Crippen molar-refractivity contribution >= 4 is 29.0 Å². The van der Waals surface area contributed by atoms with Crippen molar-refractivity contribution in [2.75, 3.05) is 19.7 Å². The number of ether oxygens (including phenoxy) is 2. The lowest BCUT2D eigenvalue weighted by atomic mass is 9.79. The molecule has 0 saturated carbocycles. The molecule has 0 radical (unpaired) electrons. The molecule has 0 aliphatic carbocycles. The number of carbonyl (C=O) groups is 3. The van der Waals surface area contributed by atoms with Crippen LogP contribution in [0, 0.1) is 25.7 Å². The zero-order valence-corrected chi connectivity index (χ0v) is 32.5. The maximum atomic E-state index is 14.6. The molecule has 1 amide bonds. The summed E-state index contributed by atoms with van der Waals surface area (Å²) < 4.78 is 13.4. The smallest absolute Gasteiger partial charge is 0.420 e. The van der Waals surface area contributed by atoms with Crippen LogP contribution in [0.3, 0.4) is 0 Å². The zero-order chi connectivity index (χ0) is 37.4. The molecule has 0 saturated heterocycles. The average molecular weight is 678 g/mol. The highest BCUT2D eigenvalue weighted by Crippen LogP contribution is 2.44. The Bertz CT molecular complexity index is 1670. The molecule has 0 aliphatic heterocycles. The second-order valence-electron chi connectivity index (χ2n) is 16.9. The van der Waals surface area contributed by atoms with Crippen LogP contribution in [0.1, 0.15) is 129 Å². The van der Waals surface area contributed by atoms with Crippen molar-refractivity contribution in [2.24, 2.45) is 11.8 Å². The summed E-state index contributed by atoms with van der Waals surface area (Å²) >= 11 is 0. The Kier molecular flexibility index (Phi) is 11.9. The van der Waals surface area contributed by atoms with Crippen molar-refractivity contribution in [1.29, 1.82) is 0 Å². The molecule has 0 spiro atoms. The fourth-order valence-electron chi connectivity index (χ4n) is 6.37. The molecule has 2 aromatic heterocycles. The number of aliphatic hydroxyl groups excluding tert-OH is 1. The number of rotatable bonds is 10. The van der Waals surface area contributed by atoms with Gasteiger partial charge in [0.05, 0.1) is 16.7 Å². The van der Waals surface area contributed by atoms with Crippen LogP contribution >= 0.6 is 0 Å². The topological polar surface area (TPSA) is 111 Å². The molecule has 1 atom stereocenters. The van der Waals surface area contributed by atoms with Crippen LogP contribution in [-0.4, -0.2) is 68.4 Å². The van der Waals surface area contributed by atoms with Gasteiger partial charge in [0.25, 0.3) is 0 Å². The quantitative estimate of drug-likeness (QED) is 0.214. The molecule has 9 heteroatoms. The highest BCUT2D eigenvalue weighted by atomic mass is 16.6. The molecule has 0 unspecified atom stereocenters. The third-order valence-corrected chi connectivity index (χ3v) is 8.13. The summed E-state index contributed by atoms with van der Waals surface area (Å²) in [4.78, 5) is 50.1. The molecule has 49 heavy (non-hydrogen) atoms. The Morgan fingerprint density at radius 3 is 1.80 bits per heavy atom. The molecular formula is C40H59N3O6. The number of pyridine rings is 1. The van der Waals surface area contributed by atoms with Crippen molar-refractivity contribution in [3.63, 3.8) is 0 Å². The van der Waals surface area contributed by atoms with E-state index >= 15 is 0 Å². The van der Waals surface area contributed by atoms with E-state index in [0.717, 1.165) is 11.1 Å². The number of fused-ring (bicyclic) bond motifs is 1. The van der Waals surface area contributed by atoms with Gasteiger partial charge in [-0.25, -0.2) is 19.1 Å². The summed E-state index contributed by atoms with van der Waals surface area (Å²) in [5, 5.41) is 11.1. The molecule has 1 aromatic carbocycles. The van der Waals surface area contributed by atoms with E-state index in [0.29, 0.717) is 40.9 Å². The van der Waals surface area contributed by atoms with E-state index < -0.39 is 34.6 Å². The van der Waals surface area contributed by atoms with E-state index in [4.69, 9.17) is 14.5 Å². The normalized spacial score (nSPS) is 13.3. The number of aromatic nitrogens is 2. The molecule has 3 rings (SSSR count). The Hall–Kier alpha value is -3.72. The van der Waals surface area contributed by atoms with Crippen molar-refractivity contribution < 1.29 is 29.0 Å². The first-order valence-electron chi connectivity index (χ1n) is 17.4. The third-order valence-electron chi connectivity index (χ3n) is 8.13.